The fourth-order valence-corrected chi connectivity index (χ4v) is 5.33. The van der Waals surface area contributed by atoms with Gasteiger partial charge in [-0.25, -0.2) is 9.59 Å². The topological polar surface area (TPSA) is 187 Å². The highest BCUT2D eigenvalue weighted by atomic mass is 32.2. The van der Waals surface area contributed by atoms with Gasteiger partial charge in [0.25, 0.3) is 11.4 Å². The molecule has 0 atom stereocenters. The van der Waals surface area contributed by atoms with Crippen molar-refractivity contribution in [2.75, 3.05) is 0 Å². The summed E-state index contributed by atoms with van der Waals surface area (Å²) >= 11 is 2.80. The van der Waals surface area contributed by atoms with E-state index in [9.17, 15) is 29.8 Å². The van der Waals surface area contributed by atoms with Crippen LogP contribution in [0.4, 0.5) is 11.4 Å². The number of hydrogen-bond donors (Lipinski definition) is 2. The number of benzene rings is 2. The van der Waals surface area contributed by atoms with E-state index < -0.39 is 33.2 Å². The summed E-state index contributed by atoms with van der Waals surface area (Å²) < 4.78 is 0.581. The Kier molecular flexibility index (Phi) is 6.47. The molecule has 0 aliphatic rings. The van der Waals surface area contributed by atoms with Crippen molar-refractivity contribution in [2.45, 2.75) is 18.5 Å². The fourth-order valence-electron chi connectivity index (χ4n) is 2.23. The second-order valence-corrected chi connectivity index (χ2v) is 9.08. The van der Waals surface area contributed by atoms with Crippen LogP contribution in [-0.2, 0) is 0 Å². The van der Waals surface area contributed by atoms with E-state index >= 15 is 0 Å². The van der Waals surface area contributed by atoms with E-state index in [1.165, 1.54) is 24.3 Å². The third-order valence-electron chi connectivity index (χ3n) is 3.59. The maximum atomic E-state index is 11.3. The monoisotopic (exact) mass is 480 g/mol. The number of nitro groups is 2. The zero-order chi connectivity index (χ0) is 22.7. The standard InChI is InChI=1S/C16H8N4O8S3/c21-13(22)7-1-3-11(9(5-7)19(25)26)29-15-17-18-16(31-15)30-12-4-2-8(14(23)24)6-10(12)20(27)28/h1-6H,(H,21,22)(H,23,24). The fraction of sp³-hybridized carbons (Fsp3) is 0. The average molecular weight is 480 g/mol. The van der Waals surface area contributed by atoms with Crippen LogP contribution in [0, 0.1) is 20.2 Å². The van der Waals surface area contributed by atoms with Gasteiger partial charge in [-0.3, -0.25) is 20.2 Å². The Hall–Kier alpha value is -3.56. The Balaban J connectivity index is 1.85. The van der Waals surface area contributed by atoms with Crippen molar-refractivity contribution in [3.63, 3.8) is 0 Å². The highest BCUT2D eigenvalue weighted by Crippen LogP contribution is 2.41. The number of carboxylic acids is 2. The number of aromatic nitrogens is 2. The van der Waals surface area contributed by atoms with Gasteiger partial charge in [-0.05, 0) is 24.3 Å². The van der Waals surface area contributed by atoms with Crippen LogP contribution in [-0.4, -0.2) is 42.2 Å². The first-order valence-corrected chi connectivity index (χ1v) is 10.3. The molecule has 2 aromatic carbocycles. The molecule has 2 N–H and O–H groups in total. The minimum absolute atomic E-state index is 0.152. The summed E-state index contributed by atoms with van der Waals surface area (Å²) in [4.78, 5) is 43.5. The highest BCUT2D eigenvalue weighted by molar-refractivity contribution is 8.03. The first-order chi connectivity index (χ1) is 14.7. The van der Waals surface area contributed by atoms with Gasteiger partial charge < -0.3 is 10.2 Å². The van der Waals surface area contributed by atoms with Crippen molar-refractivity contribution >= 4 is 58.2 Å². The molecule has 0 unspecified atom stereocenters. The first-order valence-electron chi connectivity index (χ1n) is 7.88. The second kappa shape index (κ2) is 9.07. The largest absolute Gasteiger partial charge is 0.478 e. The number of nitro benzene ring substituents is 2. The van der Waals surface area contributed by atoms with Crippen LogP contribution >= 0.6 is 34.9 Å². The second-order valence-electron chi connectivity index (χ2n) is 5.53. The zero-order valence-corrected chi connectivity index (χ0v) is 17.3. The zero-order valence-electron chi connectivity index (χ0n) is 14.8. The van der Waals surface area contributed by atoms with Gasteiger partial charge in [0.05, 0.1) is 30.8 Å². The molecule has 0 aliphatic heterocycles. The molecule has 0 radical (unpaired) electrons. The maximum absolute atomic E-state index is 11.3. The lowest BCUT2D eigenvalue weighted by atomic mass is 10.2. The Morgan fingerprint density at radius 2 is 1.19 bits per heavy atom. The molecule has 0 aliphatic carbocycles. The lowest BCUT2D eigenvalue weighted by Gasteiger charge is -2.02. The SMILES string of the molecule is O=C(O)c1ccc(Sc2nnc(Sc3ccc(C(=O)O)cc3[N+](=O)[O-])s2)c([N+](=O)[O-])c1. The van der Waals surface area contributed by atoms with E-state index in [4.69, 9.17) is 10.2 Å². The number of hydrogen-bond acceptors (Lipinski definition) is 11. The summed E-state index contributed by atoms with van der Waals surface area (Å²) in [6.07, 6.45) is 0. The molecule has 3 aromatic rings. The Morgan fingerprint density at radius 1 is 0.806 bits per heavy atom. The molecule has 3 rings (SSSR count). The molecular weight excluding hydrogens is 472 g/mol. The molecule has 12 nitrogen and oxygen atoms in total. The van der Waals surface area contributed by atoms with E-state index in [1.807, 2.05) is 0 Å². The summed E-state index contributed by atoms with van der Waals surface area (Å²) in [6.45, 7) is 0. The van der Waals surface area contributed by atoms with Crippen molar-refractivity contribution in [1.82, 2.24) is 10.2 Å². The van der Waals surface area contributed by atoms with Crippen LogP contribution in [0.25, 0.3) is 0 Å². The number of carbonyl (C=O) groups is 2. The lowest BCUT2D eigenvalue weighted by Crippen LogP contribution is -1.99. The van der Waals surface area contributed by atoms with E-state index in [2.05, 4.69) is 10.2 Å². The van der Waals surface area contributed by atoms with E-state index in [0.29, 0.717) is 8.68 Å². The molecule has 0 bridgehead atoms. The highest BCUT2D eigenvalue weighted by Gasteiger charge is 2.22. The summed E-state index contributed by atoms with van der Waals surface area (Å²) in [5.41, 5.74) is -1.29. The van der Waals surface area contributed by atoms with E-state index in [1.54, 1.807) is 0 Å². The Labute approximate surface area is 184 Å². The van der Waals surface area contributed by atoms with E-state index in [0.717, 1.165) is 47.0 Å². The molecule has 31 heavy (non-hydrogen) atoms. The molecule has 0 saturated carbocycles. The van der Waals surface area contributed by atoms with Gasteiger partial charge >= 0.3 is 11.9 Å². The van der Waals surface area contributed by atoms with Gasteiger partial charge in [-0.1, -0.05) is 34.9 Å². The Bertz CT molecular complexity index is 1140. The van der Waals surface area contributed by atoms with Crippen LogP contribution in [0.5, 0.6) is 0 Å². The first kappa shape index (κ1) is 22.1. The third-order valence-corrected chi connectivity index (χ3v) is 6.74. The van der Waals surface area contributed by atoms with Crippen molar-refractivity contribution < 1.29 is 29.6 Å². The van der Waals surface area contributed by atoms with Crippen LogP contribution in [0.3, 0.4) is 0 Å². The van der Waals surface area contributed by atoms with Gasteiger partial charge in [-0.2, -0.15) is 0 Å². The number of nitrogens with zero attached hydrogens (tertiary/aromatic N) is 4. The predicted molar refractivity (Wildman–Crippen MR) is 108 cm³/mol. The summed E-state index contributed by atoms with van der Waals surface area (Å²) in [5, 5.41) is 48.3. The molecule has 158 valence electrons. The molecule has 1 aromatic heterocycles. The lowest BCUT2D eigenvalue weighted by molar-refractivity contribution is -0.387. The van der Waals surface area contributed by atoms with Crippen molar-refractivity contribution in [2.24, 2.45) is 0 Å². The van der Waals surface area contributed by atoms with Gasteiger partial charge in [0, 0.05) is 12.1 Å². The molecular formula is C16H8N4O8S3. The molecule has 0 amide bonds. The van der Waals surface area contributed by atoms with Crippen molar-refractivity contribution in [3.8, 4) is 0 Å². The molecule has 15 heteroatoms. The molecule has 1 heterocycles. The third kappa shape index (κ3) is 5.14. The van der Waals surface area contributed by atoms with Crippen molar-refractivity contribution in [1.29, 1.82) is 0 Å². The van der Waals surface area contributed by atoms with Crippen LogP contribution < -0.4 is 0 Å². The van der Waals surface area contributed by atoms with Gasteiger partial charge in [0.2, 0.25) is 0 Å². The minimum Gasteiger partial charge on any atom is -0.478 e. The summed E-state index contributed by atoms with van der Waals surface area (Å²) in [6, 6.07) is 6.90. The smallest absolute Gasteiger partial charge is 0.335 e. The van der Waals surface area contributed by atoms with E-state index in [-0.39, 0.29) is 20.9 Å². The molecule has 0 fully saturated rings. The van der Waals surface area contributed by atoms with Crippen LogP contribution in [0.2, 0.25) is 0 Å². The molecule has 0 spiro atoms. The number of aromatic carboxylic acids is 2. The predicted octanol–water partition coefficient (Wildman–Crippen LogP) is 4.05. The van der Waals surface area contributed by atoms with Crippen LogP contribution in [0.1, 0.15) is 20.7 Å². The minimum atomic E-state index is -1.30. The maximum Gasteiger partial charge on any atom is 0.335 e. The Morgan fingerprint density at radius 3 is 1.52 bits per heavy atom. The normalized spacial score (nSPS) is 10.6. The van der Waals surface area contributed by atoms with Gasteiger partial charge in [0.15, 0.2) is 8.68 Å². The van der Waals surface area contributed by atoms with Crippen LogP contribution in [0.15, 0.2) is 54.9 Å². The average Bonchev–Trinajstić information content (AvgIpc) is 3.14. The number of carboxylic acid groups (broad SMARTS) is 2. The summed E-state index contributed by atoms with van der Waals surface area (Å²) in [5.74, 6) is -2.60. The summed E-state index contributed by atoms with van der Waals surface area (Å²) in [7, 11) is 0. The van der Waals surface area contributed by atoms with Gasteiger partial charge in [-0.15, -0.1) is 10.2 Å². The van der Waals surface area contributed by atoms with Gasteiger partial charge in [0.1, 0.15) is 0 Å². The quantitative estimate of drug-likeness (QED) is 0.348. The number of rotatable bonds is 8. The van der Waals surface area contributed by atoms with Crippen molar-refractivity contribution in [3.05, 3.63) is 67.8 Å². The molecule has 0 saturated heterocycles.